The zero-order valence-electron chi connectivity index (χ0n) is 16.2. The van der Waals surface area contributed by atoms with Gasteiger partial charge in [-0.1, -0.05) is 0 Å². The van der Waals surface area contributed by atoms with Crippen LogP contribution in [0.2, 0.25) is 0 Å². The fourth-order valence-corrected chi connectivity index (χ4v) is 4.41. The van der Waals surface area contributed by atoms with Crippen LogP contribution in [0.15, 0.2) is 24.7 Å². The van der Waals surface area contributed by atoms with Crippen molar-refractivity contribution < 1.29 is 18.7 Å². The van der Waals surface area contributed by atoms with E-state index in [0.717, 1.165) is 24.0 Å². The average Bonchev–Trinajstić information content (AvgIpc) is 3.40. The maximum absolute atomic E-state index is 14.1. The zero-order valence-corrected chi connectivity index (χ0v) is 16.2. The Labute approximate surface area is 170 Å². The molecule has 154 valence electrons. The van der Waals surface area contributed by atoms with Gasteiger partial charge in [-0.25, -0.2) is 18.9 Å². The third-order valence-electron chi connectivity index (χ3n) is 5.95. The number of hydrogen-bond acceptors (Lipinski definition) is 7. The molecule has 1 N–H and O–H groups in total. The fourth-order valence-electron chi connectivity index (χ4n) is 4.41. The zero-order chi connectivity index (χ0) is 20.4. The van der Waals surface area contributed by atoms with Crippen LogP contribution in [0, 0.1) is 5.82 Å². The molecule has 3 aliphatic heterocycles. The van der Waals surface area contributed by atoms with Crippen molar-refractivity contribution in [2.75, 3.05) is 18.1 Å². The van der Waals surface area contributed by atoms with Crippen molar-refractivity contribution in [1.29, 1.82) is 0 Å². The molecule has 0 aromatic carbocycles. The van der Waals surface area contributed by atoms with Crippen LogP contribution in [-0.4, -0.2) is 56.9 Å². The predicted octanol–water partition coefficient (Wildman–Crippen LogP) is 1.10. The van der Waals surface area contributed by atoms with Gasteiger partial charge in [0.15, 0.2) is 5.65 Å². The Hall–Kier alpha value is -3.27. The molecule has 3 atom stereocenters. The van der Waals surface area contributed by atoms with E-state index in [9.17, 15) is 9.18 Å². The molecule has 10 heteroatoms. The number of pyridine rings is 1. The van der Waals surface area contributed by atoms with Crippen LogP contribution < -0.4 is 15.0 Å². The first-order valence-electron chi connectivity index (χ1n) is 9.90. The molecule has 30 heavy (non-hydrogen) atoms. The molecule has 6 rings (SSSR count). The molecule has 3 aromatic rings. The number of carbonyl (C=O) groups is 1. The molecule has 3 aromatic heterocycles. The second-order valence-electron chi connectivity index (χ2n) is 7.99. The van der Waals surface area contributed by atoms with Gasteiger partial charge in [-0.3, -0.25) is 4.79 Å². The normalized spacial score (nSPS) is 25.2. The van der Waals surface area contributed by atoms with Crippen molar-refractivity contribution in [3.63, 3.8) is 0 Å². The number of halogens is 1. The van der Waals surface area contributed by atoms with Crippen molar-refractivity contribution >= 4 is 17.4 Å². The van der Waals surface area contributed by atoms with Crippen molar-refractivity contribution in [2.24, 2.45) is 0 Å². The van der Waals surface area contributed by atoms with Crippen LogP contribution in [0.1, 0.15) is 28.4 Å². The third kappa shape index (κ3) is 2.63. The Bertz CT molecular complexity index is 1180. The van der Waals surface area contributed by atoms with Gasteiger partial charge in [-0.2, -0.15) is 5.10 Å². The van der Waals surface area contributed by atoms with Gasteiger partial charge in [0.25, 0.3) is 5.91 Å². The Balaban J connectivity index is 1.54. The highest BCUT2D eigenvalue weighted by molar-refractivity contribution is 6.00. The number of hydrogen-bond donors (Lipinski definition) is 1. The van der Waals surface area contributed by atoms with Crippen molar-refractivity contribution in [1.82, 2.24) is 24.9 Å². The summed E-state index contributed by atoms with van der Waals surface area (Å²) in [4.78, 5) is 24.0. The highest BCUT2D eigenvalue weighted by atomic mass is 19.1. The number of amides is 1. The first kappa shape index (κ1) is 17.6. The maximum atomic E-state index is 14.1. The first-order chi connectivity index (χ1) is 14.6. The lowest BCUT2D eigenvalue weighted by Gasteiger charge is -2.25. The third-order valence-corrected chi connectivity index (χ3v) is 5.95. The van der Waals surface area contributed by atoms with E-state index in [-0.39, 0.29) is 18.0 Å². The molecule has 1 saturated heterocycles. The van der Waals surface area contributed by atoms with Gasteiger partial charge in [0.2, 0.25) is 5.88 Å². The quantitative estimate of drug-likeness (QED) is 0.593. The van der Waals surface area contributed by atoms with Crippen LogP contribution in [0.25, 0.3) is 5.65 Å². The number of nitrogens with zero attached hydrogens (tertiary/aromatic N) is 5. The number of aromatic nitrogens is 4. The van der Waals surface area contributed by atoms with Gasteiger partial charge in [0.1, 0.15) is 23.3 Å². The number of carbonyl (C=O) groups excluding carboxylic acids is 1. The second-order valence-corrected chi connectivity index (χ2v) is 7.99. The van der Waals surface area contributed by atoms with E-state index < -0.39 is 11.9 Å². The molecule has 9 nitrogen and oxygen atoms in total. The Kier molecular flexibility index (Phi) is 3.73. The van der Waals surface area contributed by atoms with E-state index >= 15 is 0 Å². The molecule has 1 amide bonds. The number of ether oxygens (including phenoxy) is 2. The molecule has 0 saturated carbocycles. The molecule has 0 spiro atoms. The maximum Gasteiger partial charge on any atom is 0.257 e. The lowest BCUT2D eigenvalue weighted by atomic mass is 10.1. The van der Waals surface area contributed by atoms with Gasteiger partial charge in [-0.05, 0) is 19.4 Å². The molecule has 0 aliphatic carbocycles. The molecule has 2 bridgehead atoms. The lowest BCUT2D eigenvalue weighted by molar-refractivity contribution is 0.0902. The summed E-state index contributed by atoms with van der Waals surface area (Å²) in [7, 11) is 0. The molecule has 6 heterocycles. The first-order valence-corrected chi connectivity index (χ1v) is 9.90. The number of anilines is 1. The minimum absolute atomic E-state index is 0.140. The van der Waals surface area contributed by atoms with Crippen molar-refractivity contribution in [3.05, 3.63) is 47.2 Å². The van der Waals surface area contributed by atoms with Crippen molar-refractivity contribution in [2.45, 2.75) is 38.1 Å². The van der Waals surface area contributed by atoms with Crippen LogP contribution in [0.3, 0.4) is 0 Å². The van der Waals surface area contributed by atoms with Gasteiger partial charge >= 0.3 is 0 Å². The molecule has 0 radical (unpaired) electrons. The molecular weight excluding hydrogens is 391 g/mol. The Morgan fingerprint density at radius 3 is 3.07 bits per heavy atom. The highest BCUT2D eigenvalue weighted by Gasteiger charge is 2.35. The summed E-state index contributed by atoms with van der Waals surface area (Å²) in [5.74, 6) is 0.395. The minimum Gasteiger partial charge on any atom is -0.469 e. The summed E-state index contributed by atoms with van der Waals surface area (Å²) in [6.07, 6.45) is 4.92. The molecule has 0 unspecified atom stereocenters. The summed E-state index contributed by atoms with van der Waals surface area (Å²) in [5.41, 5.74) is 2.53. The topological polar surface area (TPSA) is 93.9 Å². The predicted molar refractivity (Wildman–Crippen MR) is 103 cm³/mol. The molecule has 3 aliphatic rings. The summed E-state index contributed by atoms with van der Waals surface area (Å²) in [6.45, 7) is 3.10. The van der Waals surface area contributed by atoms with Crippen LogP contribution in [-0.2, 0) is 17.7 Å². The Morgan fingerprint density at radius 1 is 1.27 bits per heavy atom. The summed E-state index contributed by atoms with van der Waals surface area (Å²) >= 11 is 0. The van der Waals surface area contributed by atoms with Crippen LogP contribution in [0.4, 0.5) is 10.2 Å². The van der Waals surface area contributed by atoms with E-state index in [1.165, 1.54) is 12.3 Å². The van der Waals surface area contributed by atoms with Crippen LogP contribution in [0.5, 0.6) is 5.88 Å². The number of nitrogens with one attached hydrogen (secondary N) is 1. The summed E-state index contributed by atoms with van der Waals surface area (Å²) < 4.78 is 27.3. The summed E-state index contributed by atoms with van der Waals surface area (Å²) in [6, 6.07) is 1.22. The monoisotopic (exact) mass is 410 g/mol. The van der Waals surface area contributed by atoms with Gasteiger partial charge in [-0.15, -0.1) is 0 Å². The van der Waals surface area contributed by atoms with Crippen molar-refractivity contribution in [3.8, 4) is 5.88 Å². The number of fused-ring (bicyclic) bond motifs is 2. The molecular formula is C20H19FN6O3. The average molecular weight is 410 g/mol. The SMILES string of the molecule is C[C@@H]1Cc2cn3ncc4c3nc2N1Cc1cc(F)cnc1O[C@H]1COC[C@H]1NC4=O. The standard InChI is InChI=1S/C20H19FN6O3/c1-10-2-11-7-27-18-14(5-23-27)19(28)24-15-8-29-9-16(15)30-20-12(3-13(21)4-22-20)6-26(10)17(11)25-18/h3-5,7,10,15-16H,2,6,8-9H2,1H3,(H,24,28)/t10-,15-,16+/m1/s1. The van der Waals surface area contributed by atoms with E-state index in [2.05, 4.69) is 27.2 Å². The smallest absolute Gasteiger partial charge is 0.257 e. The molecule has 1 fully saturated rings. The fraction of sp³-hybridized carbons (Fsp3) is 0.400. The number of rotatable bonds is 0. The highest BCUT2D eigenvalue weighted by Crippen LogP contribution is 2.34. The Morgan fingerprint density at radius 2 is 2.17 bits per heavy atom. The van der Waals surface area contributed by atoms with E-state index in [1.807, 2.05) is 6.20 Å². The minimum atomic E-state index is -0.430. The van der Waals surface area contributed by atoms with E-state index in [0.29, 0.717) is 42.4 Å². The summed E-state index contributed by atoms with van der Waals surface area (Å²) in [5, 5.41) is 7.29. The largest absolute Gasteiger partial charge is 0.469 e. The van der Waals surface area contributed by atoms with Gasteiger partial charge < -0.3 is 19.7 Å². The van der Waals surface area contributed by atoms with Gasteiger partial charge in [0.05, 0.1) is 38.2 Å². The van der Waals surface area contributed by atoms with Crippen LogP contribution >= 0.6 is 0 Å². The second kappa shape index (κ2) is 6.36. The lowest BCUT2D eigenvalue weighted by Crippen LogP contribution is -2.45. The van der Waals surface area contributed by atoms with Gasteiger partial charge in [0, 0.05) is 23.4 Å². The van der Waals surface area contributed by atoms with E-state index in [1.54, 1.807) is 4.52 Å². The van der Waals surface area contributed by atoms with E-state index in [4.69, 9.17) is 14.5 Å².